The van der Waals surface area contributed by atoms with Crippen LogP contribution in [0.2, 0.25) is 5.02 Å². The molecule has 0 fully saturated rings. The quantitative estimate of drug-likeness (QED) is 0.353. The lowest BCUT2D eigenvalue weighted by atomic mass is 10.1. The van der Waals surface area contributed by atoms with Gasteiger partial charge in [0.2, 0.25) is 11.8 Å². The highest BCUT2D eigenvalue weighted by molar-refractivity contribution is 7.92. The van der Waals surface area contributed by atoms with Crippen molar-refractivity contribution in [3.8, 4) is 5.75 Å². The van der Waals surface area contributed by atoms with E-state index in [2.05, 4.69) is 5.32 Å². The lowest BCUT2D eigenvalue weighted by Gasteiger charge is -2.33. The number of rotatable bonds is 10. The number of nitrogens with one attached hydrogen (secondary N) is 1. The number of hydrogen-bond donors (Lipinski definition) is 1. The molecule has 214 valence electrons. The number of hydrogen-bond acceptors (Lipinski definition) is 5. The third-order valence-electron chi connectivity index (χ3n) is 6.21. The molecule has 0 saturated carbocycles. The van der Waals surface area contributed by atoms with Crippen LogP contribution >= 0.6 is 11.6 Å². The van der Waals surface area contributed by atoms with Crippen molar-refractivity contribution in [3.05, 3.63) is 88.9 Å². The van der Waals surface area contributed by atoms with E-state index < -0.39 is 34.1 Å². The van der Waals surface area contributed by atoms with E-state index in [9.17, 15) is 18.0 Å². The Morgan fingerprint density at radius 2 is 1.57 bits per heavy atom. The molecule has 1 atom stereocenters. The van der Waals surface area contributed by atoms with Crippen molar-refractivity contribution in [2.24, 2.45) is 0 Å². The van der Waals surface area contributed by atoms with Gasteiger partial charge in [0.05, 0.1) is 17.7 Å². The molecule has 40 heavy (non-hydrogen) atoms. The molecular weight excluding hydrogens is 550 g/mol. The highest BCUT2D eigenvalue weighted by atomic mass is 35.5. The Hall–Kier alpha value is -3.56. The van der Waals surface area contributed by atoms with Crippen molar-refractivity contribution >= 4 is 39.1 Å². The van der Waals surface area contributed by atoms with Crippen molar-refractivity contribution < 1.29 is 22.7 Å². The molecule has 1 N–H and O–H groups in total. The van der Waals surface area contributed by atoms with Gasteiger partial charge in [0, 0.05) is 17.1 Å². The Morgan fingerprint density at radius 3 is 2.12 bits per heavy atom. The monoisotopic (exact) mass is 585 g/mol. The second-order valence-electron chi connectivity index (χ2n) is 10.6. The number of aryl methyl sites for hydroxylation is 1. The first kappa shape index (κ1) is 31.0. The average Bonchev–Trinajstić information content (AvgIpc) is 2.90. The Labute approximate surface area is 241 Å². The molecule has 0 bridgehead atoms. The second kappa shape index (κ2) is 12.7. The molecule has 0 aliphatic rings. The molecule has 3 aromatic carbocycles. The number of sulfonamides is 1. The predicted molar refractivity (Wildman–Crippen MR) is 158 cm³/mol. The number of nitrogens with zero attached hydrogens (tertiary/aromatic N) is 2. The fourth-order valence-electron chi connectivity index (χ4n) is 3.98. The van der Waals surface area contributed by atoms with E-state index in [1.807, 2.05) is 27.7 Å². The minimum Gasteiger partial charge on any atom is -0.497 e. The largest absolute Gasteiger partial charge is 0.497 e. The first-order chi connectivity index (χ1) is 18.7. The Balaban J connectivity index is 2.05. The molecule has 10 heteroatoms. The van der Waals surface area contributed by atoms with E-state index in [-0.39, 0.29) is 23.0 Å². The van der Waals surface area contributed by atoms with Crippen molar-refractivity contribution in [1.82, 2.24) is 10.2 Å². The molecular formula is C30H36ClN3O5S. The predicted octanol–water partition coefficient (Wildman–Crippen LogP) is 5.18. The van der Waals surface area contributed by atoms with Crippen LogP contribution in [0.3, 0.4) is 0 Å². The minimum atomic E-state index is -4.16. The first-order valence-corrected chi connectivity index (χ1v) is 14.6. The number of ether oxygens (including phenoxy) is 1. The zero-order valence-corrected chi connectivity index (χ0v) is 25.2. The van der Waals surface area contributed by atoms with Crippen LogP contribution in [0, 0.1) is 6.92 Å². The van der Waals surface area contributed by atoms with Crippen LogP contribution in [0.4, 0.5) is 5.69 Å². The molecule has 1 unspecified atom stereocenters. The zero-order chi connectivity index (χ0) is 29.7. The van der Waals surface area contributed by atoms with Crippen molar-refractivity contribution in [3.63, 3.8) is 0 Å². The average molecular weight is 586 g/mol. The normalized spacial score (nSPS) is 12.4. The van der Waals surface area contributed by atoms with Gasteiger partial charge in [0.25, 0.3) is 10.0 Å². The van der Waals surface area contributed by atoms with E-state index in [1.165, 1.54) is 24.1 Å². The van der Waals surface area contributed by atoms with Gasteiger partial charge in [0.15, 0.2) is 0 Å². The van der Waals surface area contributed by atoms with E-state index >= 15 is 0 Å². The van der Waals surface area contributed by atoms with E-state index in [0.717, 1.165) is 9.87 Å². The summed E-state index contributed by atoms with van der Waals surface area (Å²) in [5.74, 6) is -0.399. The van der Waals surface area contributed by atoms with E-state index in [4.69, 9.17) is 16.3 Å². The summed E-state index contributed by atoms with van der Waals surface area (Å²) < 4.78 is 34.0. The van der Waals surface area contributed by atoms with Gasteiger partial charge >= 0.3 is 0 Å². The molecule has 2 amide bonds. The van der Waals surface area contributed by atoms with Gasteiger partial charge in [0.1, 0.15) is 18.3 Å². The molecule has 0 saturated heterocycles. The Bertz CT molecular complexity index is 1440. The summed E-state index contributed by atoms with van der Waals surface area (Å²) in [5, 5.41) is 3.34. The SMILES string of the molecule is COc1ccc(N(CC(=O)N(Cc2ccccc2Cl)C(C)C(=O)NC(C)(C)C)S(=O)(=O)c2ccc(C)cc2)cc1. The van der Waals surface area contributed by atoms with Gasteiger partial charge in [-0.3, -0.25) is 13.9 Å². The smallest absolute Gasteiger partial charge is 0.264 e. The third-order valence-corrected chi connectivity index (χ3v) is 8.37. The number of carbonyl (C=O) groups is 2. The van der Waals surface area contributed by atoms with Gasteiger partial charge in [-0.05, 0) is 82.6 Å². The van der Waals surface area contributed by atoms with E-state index in [1.54, 1.807) is 67.6 Å². The molecule has 0 spiro atoms. The first-order valence-electron chi connectivity index (χ1n) is 12.8. The highest BCUT2D eigenvalue weighted by Gasteiger charge is 2.33. The number of amides is 2. The maximum absolute atomic E-state index is 14.0. The molecule has 0 aliphatic heterocycles. The lowest BCUT2D eigenvalue weighted by Crippen LogP contribution is -2.54. The highest BCUT2D eigenvalue weighted by Crippen LogP contribution is 2.27. The van der Waals surface area contributed by atoms with Crippen LogP contribution in [0.1, 0.15) is 38.8 Å². The lowest BCUT2D eigenvalue weighted by molar-refractivity contribution is -0.140. The number of benzene rings is 3. The Kier molecular flexibility index (Phi) is 9.87. The minimum absolute atomic E-state index is 0.0122. The van der Waals surface area contributed by atoms with Crippen molar-refractivity contribution in [2.75, 3.05) is 18.0 Å². The van der Waals surface area contributed by atoms with Crippen molar-refractivity contribution in [1.29, 1.82) is 0 Å². The van der Waals surface area contributed by atoms with Gasteiger partial charge in [-0.15, -0.1) is 0 Å². The van der Waals surface area contributed by atoms with Crippen LogP contribution in [-0.2, 0) is 26.2 Å². The van der Waals surface area contributed by atoms with E-state index in [0.29, 0.717) is 16.3 Å². The summed E-state index contributed by atoms with van der Waals surface area (Å²) in [6, 6.07) is 18.9. The van der Waals surface area contributed by atoms with Crippen LogP contribution in [-0.4, -0.2) is 50.4 Å². The van der Waals surface area contributed by atoms with Crippen LogP contribution in [0.15, 0.2) is 77.7 Å². The van der Waals surface area contributed by atoms with Gasteiger partial charge in [-0.1, -0.05) is 47.5 Å². The maximum Gasteiger partial charge on any atom is 0.264 e. The van der Waals surface area contributed by atoms with Crippen LogP contribution in [0.5, 0.6) is 5.75 Å². The topological polar surface area (TPSA) is 96.0 Å². The molecule has 0 aliphatic carbocycles. The van der Waals surface area contributed by atoms with Crippen LogP contribution in [0.25, 0.3) is 0 Å². The Morgan fingerprint density at radius 1 is 0.975 bits per heavy atom. The zero-order valence-electron chi connectivity index (χ0n) is 23.6. The molecule has 0 aromatic heterocycles. The number of halogens is 1. The fraction of sp³-hybridized carbons (Fsp3) is 0.333. The molecule has 3 aromatic rings. The van der Waals surface area contributed by atoms with Gasteiger partial charge in [-0.25, -0.2) is 8.42 Å². The summed E-state index contributed by atoms with van der Waals surface area (Å²) >= 11 is 6.40. The summed E-state index contributed by atoms with van der Waals surface area (Å²) in [7, 11) is -2.65. The fourth-order valence-corrected chi connectivity index (χ4v) is 5.59. The molecule has 0 radical (unpaired) electrons. The standard InChI is InChI=1S/C30H36ClN3O5S/c1-21-11-17-26(18-12-21)40(37,38)34(24-13-15-25(39-6)16-14-24)20-28(35)33(19-23-9-7-8-10-27(23)31)22(2)29(36)32-30(3,4)5/h7-18,22H,19-20H2,1-6H3,(H,32,36). The maximum atomic E-state index is 14.0. The molecule has 8 nitrogen and oxygen atoms in total. The van der Waals surface area contributed by atoms with Crippen LogP contribution < -0.4 is 14.4 Å². The number of carbonyl (C=O) groups excluding carboxylic acids is 2. The summed E-state index contributed by atoms with van der Waals surface area (Å²) in [6.07, 6.45) is 0. The summed E-state index contributed by atoms with van der Waals surface area (Å²) in [6.45, 7) is 8.48. The van der Waals surface area contributed by atoms with Gasteiger partial charge in [-0.2, -0.15) is 0 Å². The number of anilines is 1. The third kappa shape index (κ3) is 7.76. The summed E-state index contributed by atoms with van der Waals surface area (Å²) in [4.78, 5) is 28.5. The van der Waals surface area contributed by atoms with Crippen molar-refractivity contribution in [2.45, 2.75) is 57.6 Å². The van der Waals surface area contributed by atoms with Gasteiger partial charge < -0.3 is 15.0 Å². The second-order valence-corrected chi connectivity index (χ2v) is 12.8. The summed E-state index contributed by atoms with van der Waals surface area (Å²) in [5.41, 5.74) is 1.27. The number of methoxy groups -OCH3 is 1. The molecule has 3 rings (SSSR count). The molecule has 0 heterocycles.